The average Bonchev–Trinajstić information content (AvgIpc) is 3.17. The number of hydrogen-bond acceptors (Lipinski definition) is 8. The second-order valence-electron chi connectivity index (χ2n) is 6.85. The van der Waals surface area contributed by atoms with Crippen LogP contribution in [0.4, 0.5) is 10.8 Å². The van der Waals surface area contributed by atoms with Gasteiger partial charge in [-0.05, 0) is 24.3 Å². The molecular formula is C20H22N4O4S. The van der Waals surface area contributed by atoms with E-state index in [1.807, 2.05) is 18.2 Å². The molecule has 1 aliphatic heterocycles. The molecule has 0 radical (unpaired) electrons. The van der Waals surface area contributed by atoms with Crippen molar-refractivity contribution in [2.24, 2.45) is 0 Å². The highest BCUT2D eigenvalue weighted by molar-refractivity contribution is 7.22. The molecule has 2 heterocycles. The Morgan fingerprint density at radius 3 is 2.59 bits per heavy atom. The summed E-state index contributed by atoms with van der Waals surface area (Å²) < 4.78 is 11.7. The zero-order valence-corrected chi connectivity index (χ0v) is 17.1. The second-order valence-corrected chi connectivity index (χ2v) is 7.86. The van der Waals surface area contributed by atoms with Gasteiger partial charge in [0.2, 0.25) is 0 Å². The topological polar surface area (TPSA) is 81.0 Å². The van der Waals surface area contributed by atoms with Crippen molar-refractivity contribution in [3.63, 3.8) is 0 Å². The van der Waals surface area contributed by atoms with Crippen molar-refractivity contribution in [1.82, 2.24) is 9.88 Å². The fraction of sp³-hybridized carbons (Fsp3) is 0.350. The van der Waals surface area contributed by atoms with Crippen LogP contribution < -0.4 is 14.4 Å². The normalized spacial score (nSPS) is 14.9. The number of hydrogen-bond donors (Lipinski definition) is 0. The van der Waals surface area contributed by atoms with Crippen LogP contribution in [0.2, 0.25) is 0 Å². The predicted octanol–water partition coefficient (Wildman–Crippen LogP) is 3.54. The summed E-state index contributed by atoms with van der Waals surface area (Å²) in [5.74, 6) is 1.68. The zero-order chi connectivity index (χ0) is 20.4. The van der Waals surface area contributed by atoms with E-state index >= 15 is 0 Å². The van der Waals surface area contributed by atoms with Gasteiger partial charge >= 0.3 is 0 Å². The van der Waals surface area contributed by atoms with Crippen molar-refractivity contribution in [1.29, 1.82) is 0 Å². The molecule has 3 aromatic rings. The lowest BCUT2D eigenvalue weighted by Crippen LogP contribution is -2.45. The largest absolute Gasteiger partial charge is 0.497 e. The Balaban J connectivity index is 1.43. The summed E-state index contributed by atoms with van der Waals surface area (Å²) >= 11 is 1.51. The molecule has 1 aliphatic rings. The third-order valence-electron chi connectivity index (χ3n) is 5.10. The second kappa shape index (κ2) is 8.22. The highest BCUT2D eigenvalue weighted by atomic mass is 32.1. The van der Waals surface area contributed by atoms with Gasteiger partial charge in [-0.3, -0.25) is 15.0 Å². The smallest absolute Gasteiger partial charge is 0.270 e. The zero-order valence-electron chi connectivity index (χ0n) is 16.3. The highest BCUT2D eigenvalue weighted by Gasteiger charge is 2.21. The third-order valence-corrected chi connectivity index (χ3v) is 6.17. The number of non-ortho nitro benzene ring substituents is 1. The van der Waals surface area contributed by atoms with Crippen LogP contribution in [0.25, 0.3) is 10.2 Å². The first-order valence-electron chi connectivity index (χ1n) is 9.30. The lowest BCUT2D eigenvalue weighted by Gasteiger charge is -2.34. The Hall–Kier alpha value is -2.91. The number of benzene rings is 2. The van der Waals surface area contributed by atoms with Gasteiger partial charge in [0, 0.05) is 50.4 Å². The Morgan fingerprint density at radius 2 is 1.90 bits per heavy atom. The van der Waals surface area contributed by atoms with E-state index < -0.39 is 0 Å². The van der Waals surface area contributed by atoms with Gasteiger partial charge in [0.15, 0.2) is 5.13 Å². The standard InChI is InChI=1S/C20H22N4O4S/c1-27-16-4-6-18(28-2)14(11-16)13-22-7-9-23(10-8-22)20-21-17-5-3-15(24(25)26)12-19(17)29-20/h3-6,11-12H,7-10,13H2,1-2H3. The molecule has 0 N–H and O–H groups in total. The summed E-state index contributed by atoms with van der Waals surface area (Å²) in [6, 6.07) is 10.7. The van der Waals surface area contributed by atoms with Gasteiger partial charge in [-0.15, -0.1) is 0 Å². The first-order valence-corrected chi connectivity index (χ1v) is 10.1. The van der Waals surface area contributed by atoms with Crippen LogP contribution in [0.3, 0.4) is 0 Å². The molecule has 1 fully saturated rings. The van der Waals surface area contributed by atoms with Crippen LogP contribution in [0, 0.1) is 10.1 Å². The predicted molar refractivity (Wildman–Crippen MR) is 113 cm³/mol. The molecule has 4 rings (SSSR count). The minimum absolute atomic E-state index is 0.102. The van der Waals surface area contributed by atoms with E-state index in [-0.39, 0.29) is 10.6 Å². The van der Waals surface area contributed by atoms with E-state index in [0.717, 1.165) is 65.1 Å². The van der Waals surface area contributed by atoms with Crippen molar-refractivity contribution in [3.05, 3.63) is 52.1 Å². The fourth-order valence-electron chi connectivity index (χ4n) is 3.49. The van der Waals surface area contributed by atoms with Crippen molar-refractivity contribution in [2.45, 2.75) is 6.54 Å². The van der Waals surface area contributed by atoms with Crippen LogP contribution in [-0.4, -0.2) is 55.2 Å². The average molecular weight is 414 g/mol. The van der Waals surface area contributed by atoms with E-state index in [4.69, 9.17) is 9.47 Å². The SMILES string of the molecule is COc1ccc(OC)c(CN2CCN(c3nc4ccc([N+](=O)[O-])cc4s3)CC2)c1. The number of nitrogens with zero attached hydrogens (tertiary/aromatic N) is 4. The van der Waals surface area contributed by atoms with E-state index in [1.165, 1.54) is 17.4 Å². The number of nitro benzene ring substituents is 1. The van der Waals surface area contributed by atoms with Gasteiger partial charge < -0.3 is 14.4 Å². The molecule has 0 unspecified atom stereocenters. The summed E-state index contributed by atoms with van der Waals surface area (Å²) in [5.41, 5.74) is 2.01. The Morgan fingerprint density at radius 1 is 1.10 bits per heavy atom. The highest BCUT2D eigenvalue weighted by Crippen LogP contribution is 2.32. The molecule has 0 atom stereocenters. The Kier molecular flexibility index (Phi) is 5.50. The van der Waals surface area contributed by atoms with Crippen molar-refractivity contribution >= 4 is 32.4 Å². The molecule has 0 aliphatic carbocycles. The molecule has 8 nitrogen and oxygen atoms in total. The van der Waals surface area contributed by atoms with Crippen LogP contribution in [0.1, 0.15) is 5.56 Å². The summed E-state index contributed by atoms with van der Waals surface area (Å²) in [5, 5.41) is 11.9. The van der Waals surface area contributed by atoms with Gasteiger partial charge in [0.1, 0.15) is 11.5 Å². The van der Waals surface area contributed by atoms with Crippen molar-refractivity contribution in [3.8, 4) is 11.5 Å². The van der Waals surface area contributed by atoms with E-state index in [0.29, 0.717) is 0 Å². The molecule has 0 spiro atoms. The molecule has 0 saturated carbocycles. The monoisotopic (exact) mass is 414 g/mol. The minimum Gasteiger partial charge on any atom is -0.497 e. The molecule has 152 valence electrons. The summed E-state index contributed by atoms with van der Waals surface area (Å²) in [4.78, 5) is 19.9. The van der Waals surface area contributed by atoms with Gasteiger partial charge in [-0.1, -0.05) is 11.3 Å². The Labute approximate surface area is 172 Å². The number of rotatable bonds is 6. The molecule has 0 amide bonds. The number of ether oxygens (including phenoxy) is 2. The van der Waals surface area contributed by atoms with Gasteiger partial charge in [-0.2, -0.15) is 0 Å². The molecule has 9 heteroatoms. The van der Waals surface area contributed by atoms with Gasteiger partial charge in [0.25, 0.3) is 5.69 Å². The number of nitro groups is 1. The minimum atomic E-state index is -0.371. The van der Waals surface area contributed by atoms with Crippen molar-refractivity contribution in [2.75, 3.05) is 45.3 Å². The number of aromatic nitrogens is 1. The van der Waals surface area contributed by atoms with Gasteiger partial charge in [0.05, 0.1) is 29.4 Å². The van der Waals surface area contributed by atoms with Gasteiger partial charge in [-0.25, -0.2) is 4.98 Å². The quantitative estimate of drug-likeness (QED) is 0.451. The summed E-state index contributed by atoms with van der Waals surface area (Å²) in [6.07, 6.45) is 0. The van der Waals surface area contributed by atoms with Crippen LogP contribution in [-0.2, 0) is 6.54 Å². The maximum absolute atomic E-state index is 11.0. The molecule has 1 saturated heterocycles. The fourth-order valence-corrected chi connectivity index (χ4v) is 4.54. The molecule has 1 aromatic heterocycles. The van der Waals surface area contributed by atoms with E-state index in [9.17, 15) is 10.1 Å². The molecule has 29 heavy (non-hydrogen) atoms. The molecular weight excluding hydrogens is 392 g/mol. The third kappa shape index (κ3) is 4.10. The lowest BCUT2D eigenvalue weighted by molar-refractivity contribution is -0.384. The first-order chi connectivity index (χ1) is 14.1. The molecule has 0 bridgehead atoms. The maximum Gasteiger partial charge on any atom is 0.270 e. The lowest BCUT2D eigenvalue weighted by atomic mass is 10.1. The van der Waals surface area contributed by atoms with Crippen LogP contribution in [0.15, 0.2) is 36.4 Å². The number of anilines is 1. The van der Waals surface area contributed by atoms with Crippen LogP contribution in [0.5, 0.6) is 11.5 Å². The Bertz CT molecular complexity index is 1030. The molecule has 2 aromatic carbocycles. The van der Waals surface area contributed by atoms with E-state index in [2.05, 4.69) is 14.8 Å². The maximum atomic E-state index is 11.0. The van der Waals surface area contributed by atoms with Crippen molar-refractivity contribution < 1.29 is 14.4 Å². The first kappa shape index (κ1) is 19.4. The summed E-state index contributed by atoms with van der Waals surface area (Å²) in [6.45, 7) is 4.30. The summed E-state index contributed by atoms with van der Waals surface area (Å²) in [7, 11) is 3.34. The van der Waals surface area contributed by atoms with E-state index in [1.54, 1.807) is 26.4 Å². The number of thiazole rings is 1. The van der Waals surface area contributed by atoms with Crippen LogP contribution >= 0.6 is 11.3 Å². The number of piperazine rings is 1. The number of methoxy groups -OCH3 is 2. The number of fused-ring (bicyclic) bond motifs is 1.